The number of benzene rings is 1. The summed E-state index contributed by atoms with van der Waals surface area (Å²) >= 11 is 0. The van der Waals surface area contributed by atoms with Gasteiger partial charge in [-0.3, -0.25) is 19.4 Å². The van der Waals surface area contributed by atoms with Gasteiger partial charge in [-0.1, -0.05) is 25.1 Å². The van der Waals surface area contributed by atoms with Crippen LogP contribution in [-0.4, -0.2) is 34.9 Å². The van der Waals surface area contributed by atoms with Crippen LogP contribution >= 0.6 is 7.60 Å². The molecule has 0 aromatic heterocycles. The van der Waals surface area contributed by atoms with Crippen LogP contribution in [0.4, 0.5) is 5.69 Å². The van der Waals surface area contributed by atoms with Crippen LogP contribution in [0, 0.1) is 5.92 Å². The Bertz CT molecular complexity index is 549. The summed E-state index contributed by atoms with van der Waals surface area (Å²) in [6.07, 6.45) is -0.184. The third-order valence-corrected chi connectivity index (χ3v) is 4.42. The maximum absolute atomic E-state index is 12.5. The third-order valence-electron chi connectivity index (χ3n) is 2.72. The molecule has 0 spiro atoms. The van der Waals surface area contributed by atoms with Crippen LogP contribution in [0.5, 0.6) is 0 Å². The molecule has 2 atom stereocenters. The van der Waals surface area contributed by atoms with Crippen molar-refractivity contribution in [3.63, 3.8) is 0 Å². The number of carboxylic acid groups (broad SMARTS) is 2. The fourth-order valence-corrected chi connectivity index (χ4v) is 2.92. The molecule has 0 amide bonds. The molecule has 8 nitrogen and oxygen atoms in total. The van der Waals surface area contributed by atoms with E-state index in [1.807, 2.05) is 0 Å². The lowest BCUT2D eigenvalue weighted by atomic mass is 10.1. The van der Waals surface area contributed by atoms with E-state index in [0.29, 0.717) is 5.69 Å². The van der Waals surface area contributed by atoms with Crippen LogP contribution in [0.25, 0.3) is 0 Å². The lowest BCUT2D eigenvalue weighted by Gasteiger charge is -2.19. The second kappa shape index (κ2) is 8.53. The normalized spacial score (nSPS) is 14.8. The average molecular weight is 331 g/mol. The van der Waals surface area contributed by atoms with Crippen LogP contribution in [0.2, 0.25) is 0 Å². The van der Waals surface area contributed by atoms with E-state index in [2.05, 4.69) is 5.48 Å². The zero-order chi connectivity index (χ0) is 16.6. The van der Waals surface area contributed by atoms with Crippen LogP contribution in [0.3, 0.4) is 0 Å². The van der Waals surface area contributed by atoms with E-state index in [4.69, 9.17) is 19.4 Å². The van der Waals surface area contributed by atoms with Crippen molar-refractivity contribution < 1.29 is 33.5 Å². The number of carboxylic acids is 2. The summed E-state index contributed by atoms with van der Waals surface area (Å²) in [5.41, 5.74) is 2.94. The molecule has 1 aromatic carbocycles. The number of hydrogen-bond acceptors (Lipinski definition) is 6. The molecule has 22 heavy (non-hydrogen) atoms. The van der Waals surface area contributed by atoms with Gasteiger partial charge in [-0.05, 0) is 18.6 Å². The Morgan fingerprint density at radius 1 is 1.27 bits per heavy atom. The molecule has 0 aliphatic rings. The van der Waals surface area contributed by atoms with Gasteiger partial charge in [0.1, 0.15) is 0 Å². The van der Waals surface area contributed by atoms with Gasteiger partial charge >= 0.3 is 19.5 Å². The second-order valence-corrected chi connectivity index (χ2v) is 6.70. The van der Waals surface area contributed by atoms with E-state index < -0.39 is 32.1 Å². The fraction of sp³-hybridized carbons (Fsp3) is 0.385. The molecular formula is C13H18NO7P. The number of rotatable bonds is 10. The summed E-state index contributed by atoms with van der Waals surface area (Å²) in [6, 6.07) is 8.53. The summed E-state index contributed by atoms with van der Waals surface area (Å²) in [5, 5.41) is 17.4. The zero-order valence-corrected chi connectivity index (χ0v) is 12.9. The summed E-state index contributed by atoms with van der Waals surface area (Å²) < 4.78 is 22.3. The van der Waals surface area contributed by atoms with Crippen molar-refractivity contribution in [2.45, 2.75) is 13.3 Å². The molecule has 122 valence electrons. The molecule has 0 radical (unpaired) electrons. The van der Waals surface area contributed by atoms with Crippen LogP contribution < -0.4 is 5.48 Å². The Morgan fingerprint density at radius 3 is 2.45 bits per heavy atom. The van der Waals surface area contributed by atoms with Gasteiger partial charge in [0, 0.05) is 0 Å². The molecule has 0 bridgehead atoms. The van der Waals surface area contributed by atoms with Crippen molar-refractivity contribution in [1.29, 1.82) is 0 Å². The first-order valence-electron chi connectivity index (χ1n) is 6.50. The van der Waals surface area contributed by atoms with Crippen LogP contribution in [-0.2, 0) is 23.3 Å². The number of hydrogen-bond donors (Lipinski definition) is 3. The summed E-state index contributed by atoms with van der Waals surface area (Å²) in [7, 11) is -3.79. The van der Waals surface area contributed by atoms with Gasteiger partial charge in [0.05, 0.1) is 17.8 Å². The molecule has 0 saturated heterocycles. The van der Waals surface area contributed by atoms with E-state index >= 15 is 0 Å². The van der Waals surface area contributed by atoms with Gasteiger partial charge in [-0.2, -0.15) is 4.62 Å². The van der Waals surface area contributed by atoms with Crippen molar-refractivity contribution >= 4 is 25.2 Å². The predicted molar refractivity (Wildman–Crippen MR) is 78.6 cm³/mol. The Morgan fingerprint density at radius 2 is 1.91 bits per heavy atom. The van der Waals surface area contributed by atoms with E-state index in [1.165, 1.54) is 6.92 Å². The largest absolute Gasteiger partial charge is 0.481 e. The molecule has 0 heterocycles. The smallest absolute Gasteiger partial charge is 0.352 e. The van der Waals surface area contributed by atoms with Gasteiger partial charge in [0.2, 0.25) is 0 Å². The minimum atomic E-state index is -3.79. The highest BCUT2D eigenvalue weighted by Crippen LogP contribution is 2.49. The average Bonchev–Trinajstić information content (AvgIpc) is 2.50. The molecular weight excluding hydrogens is 313 g/mol. The standard InChI is InChI=1S/C13H18NO7P/c1-10(13(17)18)7-8-22(19,20-9-12(15)16)21-14-11-5-3-2-4-6-11/h2-6,10,14H,7-9H2,1H3,(H,15,16)(H,17,18). The quantitative estimate of drug-likeness (QED) is 0.441. The molecule has 1 rings (SSSR count). The van der Waals surface area contributed by atoms with Crippen molar-refractivity contribution in [2.24, 2.45) is 5.92 Å². The van der Waals surface area contributed by atoms with Crippen molar-refractivity contribution in [3.05, 3.63) is 30.3 Å². The first kappa shape index (κ1) is 18.2. The lowest BCUT2D eigenvalue weighted by Crippen LogP contribution is -2.15. The maximum Gasteiger partial charge on any atom is 0.352 e. The Hall–Kier alpha value is -1.89. The highest BCUT2D eigenvalue weighted by molar-refractivity contribution is 7.53. The number of nitrogens with one attached hydrogen (secondary N) is 1. The predicted octanol–water partition coefficient (Wildman–Crippen LogP) is 2.44. The van der Waals surface area contributed by atoms with Crippen LogP contribution in [0.1, 0.15) is 13.3 Å². The molecule has 0 aliphatic heterocycles. The minimum Gasteiger partial charge on any atom is -0.481 e. The van der Waals surface area contributed by atoms with Crippen molar-refractivity contribution in [2.75, 3.05) is 18.2 Å². The van der Waals surface area contributed by atoms with Crippen molar-refractivity contribution in [3.8, 4) is 0 Å². The highest BCUT2D eigenvalue weighted by atomic mass is 31.2. The van der Waals surface area contributed by atoms with E-state index in [1.54, 1.807) is 30.3 Å². The second-order valence-electron chi connectivity index (χ2n) is 4.59. The highest BCUT2D eigenvalue weighted by Gasteiger charge is 2.28. The minimum absolute atomic E-state index is 0.0305. The van der Waals surface area contributed by atoms with Gasteiger partial charge in [0.15, 0.2) is 6.61 Å². The number of para-hydroxylation sites is 1. The Labute approximate surface area is 127 Å². The van der Waals surface area contributed by atoms with Gasteiger partial charge in [-0.15, -0.1) is 0 Å². The maximum atomic E-state index is 12.5. The first-order chi connectivity index (χ1) is 10.3. The van der Waals surface area contributed by atoms with Gasteiger partial charge < -0.3 is 10.2 Å². The monoisotopic (exact) mass is 331 g/mol. The molecule has 2 unspecified atom stereocenters. The van der Waals surface area contributed by atoms with Gasteiger partial charge in [-0.25, -0.2) is 4.79 Å². The zero-order valence-electron chi connectivity index (χ0n) is 12.0. The molecule has 9 heteroatoms. The number of anilines is 1. The van der Waals surface area contributed by atoms with Gasteiger partial charge in [0.25, 0.3) is 0 Å². The number of carbonyl (C=O) groups is 2. The Kier molecular flexibility index (Phi) is 7.04. The summed E-state index contributed by atoms with van der Waals surface area (Å²) in [4.78, 5) is 21.3. The Balaban J connectivity index is 2.66. The fourth-order valence-electron chi connectivity index (χ4n) is 1.39. The van der Waals surface area contributed by atoms with E-state index in [9.17, 15) is 14.2 Å². The SMILES string of the molecule is CC(CCP(=O)(OCC(=O)O)ONc1ccccc1)C(=O)O. The topological polar surface area (TPSA) is 122 Å². The molecule has 1 aromatic rings. The third kappa shape index (κ3) is 6.71. The molecule has 0 saturated carbocycles. The summed E-state index contributed by atoms with van der Waals surface area (Å²) in [5.74, 6) is -3.09. The molecule has 0 fully saturated rings. The van der Waals surface area contributed by atoms with Crippen molar-refractivity contribution in [1.82, 2.24) is 0 Å². The van der Waals surface area contributed by atoms with E-state index in [0.717, 1.165) is 0 Å². The molecule has 3 N–H and O–H groups in total. The number of aliphatic carboxylic acids is 2. The molecule has 0 aliphatic carbocycles. The summed E-state index contributed by atoms with van der Waals surface area (Å²) in [6.45, 7) is 0.656. The van der Waals surface area contributed by atoms with E-state index in [-0.39, 0.29) is 12.6 Å². The first-order valence-corrected chi connectivity index (χ1v) is 8.23. The van der Waals surface area contributed by atoms with Crippen LogP contribution in [0.15, 0.2) is 30.3 Å². The lowest BCUT2D eigenvalue weighted by molar-refractivity contribution is -0.141.